The third kappa shape index (κ3) is 4.57. The van der Waals surface area contributed by atoms with Crippen LogP contribution in [0.1, 0.15) is 55.7 Å². The van der Waals surface area contributed by atoms with E-state index in [-0.39, 0.29) is 17.0 Å². The second-order valence-corrected chi connectivity index (χ2v) is 8.18. The zero-order valence-corrected chi connectivity index (χ0v) is 18.6. The number of fused-ring (bicyclic) bond motifs is 1. The maximum Gasteiger partial charge on any atom is 0.339 e. The lowest BCUT2D eigenvalue weighted by atomic mass is 10.1. The van der Waals surface area contributed by atoms with Gasteiger partial charge in [-0.05, 0) is 38.0 Å². The van der Waals surface area contributed by atoms with Crippen molar-refractivity contribution in [2.24, 2.45) is 0 Å². The van der Waals surface area contributed by atoms with Crippen LogP contribution in [-0.2, 0) is 9.53 Å². The molecule has 0 saturated heterocycles. The summed E-state index contributed by atoms with van der Waals surface area (Å²) >= 11 is 12.0. The Kier molecular flexibility index (Phi) is 6.63. The molecule has 0 fully saturated rings. The standard InChI is InChI=1S/C21H22Cl2N4O3/c1-11(2)17-8-13(14-9-24-27(12(3)4)20(14)26-17)21(29)30-10-18(28)25-16-7-5-6-15(22)19(16)23/h5-9,11-12H,10H2,1-4H3,(H,25,28). The summed E-state index contributed by atoms with van der Waals surface area (Å²) in [6, 6.07) is 6.64. The molecule has 3 aromatic rings. The summed E-state index contributed by atoms with van der Waals surface area (Å²) in [6.45, 7) is 7.48. The number of nitrogens with zero attached hydrogens (tertiary/aromatic N) is 3. The number of carbonyl (C=O) groups excluding carboxylic acids is 2. The van der Waals surface area contributed by atoms with Gasteiger partial charge >= 0.3 is 5.97 Å². The van der Waals surface area contributed by atoms with Crippen LogP contribution in [0.5, 0.6) is 0 Å². The molecule has 7 nitrogen and oxygen atoms in total. The van der Waals surface area contributed by atoms with Crippen molar-refractivity contribution in [3.63, 3.8) is 0 Å². The van der Waals surface area contributed by atoms with E-state index in [1.165, 1.54) is 0 Å². The van der Waals surface area contributed by atoms with E-state index in [2.05, 4.69) is 15.4 Å². The molecular weight excluding hydrogens is 427 g/mol. The second-order valence-electron chi connectivity index (χ2n) is 7.40. The number of hydrogen-bond donors (Lipinski definition) is 1. The normalized spacial score (nSPS) is 11.3. The van der Waals surface area contributed by atoms with Gasteiger partial charge in [0.2, 0.25) is 0 Å². The molecule has 30 heavy (non-hydrogen) atoms. The Balaban J connectivity index is 1.81. The second kappa shape index (κ2) is 9.02. The molecule has 0 aliphatic carbocycles. The molecule has 9 heteroatoms. The third-order valence-electron chi connectivity index (χ3n) is 4.45. The van der Waals surface area contributed by atoms with Gasteiger partial charge in [0.05, 0.1) is 32.9 Å². The molecule has 1 amide bonds. The van der Waals surface area contributed by atoms with Crippen molar-refractivity contribution in [2.45, 2.75) is 39.7 Å². The van der Waals surface area contributed by atoms with Crippen molar-refractivity contribution in [3.05, 3.63) is 51.8 Å². The van der Waals surface area contributed by atoms with E-state index in [1.807, 2.05) is 27.7 Å². The van der Waals surface area contributed by atoms with Gasteiger partial charge in [0.1, 0.15) is 0 Å². The van der Waals surface area contributed by atoms with Crippen LogP contribution in [0, 0.1) is 0 Å². The monoisotopic (exact) mass is 448 g/mol. The van der Waals surface area contributed by atoms with Crippen LogP contribution >= 0.6 is 23.2 Å². The van der Waals surface area contributed by atoms with Crippen LogP contribution in [0.25, 0.3) is 11.0 Å². The first-order chi connectivity index (χ1) is 14.2. The molecule has 0 radical (unpaired) electrons. The van der Waals surface area contributed by atoms with E-state index in [9.17, 15) is 9.59 Å². The van der Waals surface area contributed by atoms with Gasteiger partial charge in [-0.25, -0.2) is 14.5 Å². The largest absolute Gasteiger partial charge is 0.452 e. The van der Waals surface area contributed by atoms with Gasteiger partial charge in [-0.1, -0.05) is 43.1 Å². The summed E-state index contributed by atoms with van der Waals surface area (Å²) in [4.78, 5) is 29.7. The number of ether oxygens (including phenoxy) is 1. The molecule has 0 aliphatic heterocycles. The van der Waals surface area contributed by atoms with Gasteiger partial charge in [0.25, 0.3) is 5.91 Å². The Labute approximate surface area is 184 Å². The third-order valence-corrected chi connectivity index (χ3v) is 5.27. The smallest absolute Gasteiger partial charge is 0.339 e. The molecular formula is C21H22Cl2N4O3. The highest BCUT2D eigenvalue weighted by atomic mass is 35.5. The first-order valence-corrected chi connectivity index (χ1v) is 10.2. The van der Waals surface area contributed by atoms with E-state index in [0.29, 0.717) is 27.3 Å². The van der Waals surface area contributed by atoms with Crippen LogP contribution in [0.2, 0.25) is 10.0 Å². The summed E-state index contributed by atoms with van der Waals surface area (Å²) in [5.74, 6) is -1.05. The fraction of sp³-hybridized carbons (Fsp3) is 0.333. The minimum Gasteiger partial charge on any atom is -0.452 e. The highest BCUT2D eigenvalue weighted by Gasteiger charge is 2.21. The van der Waals surface area contributed by atoms with E-state index in [4.69, 9.17) is 27.9 Å². The van der Waals surface area contributed by atoms with Gasteiger partial charge in [0, 0.05) is 11.7 Å². The highest BCUT2D eigenvalue weighted by Crippen LogP contribution is 2.29. The number of amides is 1. The molecule has 0 unspecified atom stereocenters. The van der Waals surface area contributed by atoms with Crippen molar-refractivity contribution < 1.29 is 14.3 Å². The van der Waals surface area contributed by atoms with E-state index >= 15 is 0 Å². The fourth-order valence-corrected chi connectivity index (χ4v) is 3.22. The molecule has 2 aromatic heterocycles. The number of benzene rings is 1. The first kappa shape index (κ1) is 22.1. The van der Waals surface area contributed by atoms with Crippen LogP contribution in [0.15, 0.2) is 30.5 Å². The average Bonchev–Trinajstić information content (AvgIpc) is 3.13. The van der Waals surface area contributed by atoms with Crippen LogP contribution < -0.4 is 5.32 Å². The van der Waals surface area contributed by atoms with Crippen molar-refractivity contribution >= 4 is 51.8 Å². The van der Waals surface area contributed by atoms with Crippen LogP contribution in [0.4, 0.5) is 5.69 Å². The zero-order chi connectivity index (χ0) is 22.0. The Morgan fingerprint density at radius 3 is 2.60 bits per heavy atom. The summed E-state index contributed by atoms with van der Waals surface area (Å²) in [5, 5.41) is 8.04. The molecule has 3 rings (SSSR count). The number of carbonyl (C=O) groups is 2. The maximum atomic E-state index is 12.8. The van der Waals surface area contributed by atoms with Crippen LogP contribution in [-0.4, -0.2) is 33.2 Å². The highest BCUT2D eigenvalue weighted by molar-refractivity contribution is 6.44. The van der Waals surface area contributed by atoms with Crippen molar-refractivity contribution in [2.75, 3.05) is 11.9 Å². The van der Waals surface area contributed by atoms with Gasteiger partial charge in [-0.2, -0.15) is 5.10 Å². The Hall–Kier alpha value is -2.64. The Bertz CT molecular complexity index is 1110. The van der Waals surface area contributed by atoms with E-state index in [0.717, 1.165) is 5.69 Å². The number of pyridine rings is 1. The summed E-state index contributed by atoms with van der Waals surface area (Å²) in [6.07, 6.45) is 1.59. The number of rotatable bonds is 6. The number of hydrogen-bond acceptors (Lipinski definition) is 5. The number of aromatic nitrogens is 3. The molecule has 1 N–H and O–H groups in total. The fourth-order valence-electron chi connectivity index (χ4n) is 2.88. The van der Waals surface area contributed by atoms with Gasteiger partial charge in [-0.3, -0.25) is 4.79 Å². The minimum absolute atomic E-state index is 0.0782. The number of nitrogens with one attached hydrogen (secondary N) is 1. The first-order valence-electron chi connectivity index (χ1n) is 9.48. The van der Waals surface area contributed by atoms with E-state index in [1.54, 1.807) is 35.1 Å². The number of esters is 1. The van der Waals surface area contributed by atoms with Crippen molar-refractivity contribution in [1.82, 2.24) is 14.8 Å². The minimum atomic E-state index is -0.625. The lowest BCUT2D eigenvalue weighted by Crippen LogP contribution is -2.21. The van der Waals surface area contributed by atoms with Gasteiger partial charge in [0.15, 0.2) is 12.3 Å². The van der Waals surface area contributed by atoms with Gasteiger partial charge in [-0.15, -0.1) is 0 Å². The molecule has 0 saturated carbocycles. The Morgan fingerprint density at radius 1 is 1.20 bits per heavy atom. The zero-order valence-electron chi connectivity index (χ0n) is 17.1. The van der Waals surface area contributed by atoms with Gasteiger partial charge < -0.3 is 10.1 Å². The lowest BCUT2D eigenvalue weighted by molar-refractivity contribution is -0.119. The van der Waals surface area contributed by atoms with Crippen molar-refractivity contribution in [3.8, 4) is 0 Å². The predicted molar refractivity (Wildman–Crippen MR) is 117 cm³/mol. The molecule has 0 bridgehead atoms. The van der Waals surface area contributed by atoms with Crippen molar-refractivity contribution in [1.29, 1.82) is 0 Å². The lowest BCUT2D eigenvalue weighted by Gasteiger charge is -2.12. The Morgan fingerprint density at radius 2 is 1.93 bits per heavy atom. The van der Waals surface area contributed by atoms with Crippen LogP contribution in [0.3, 0.4) is 0 Å². The topological polar surface area (TPSA) is 86.1 Å². The summed E-state index contributed by atoms with van der Waals surface area (Å²) in [7, 11) is 0. The predicted octanol–water partition coefficient (Wildman–Crippen LogP) is 5.24. The number of anilines is 1. The maximum absolute atomic E-state index is 12.8. The molecule has 1 aromatic carbocycles. The summed E-state index contributed by atoms with van der Waals surface area (Å²) in [5.41, 5.74) is 2.02. The SMILES string of the molecule is CC(C)c1cc(C(=O)OCC(=O)Nc2cccc(Cl)c2Cl)c2cnn(C(C)C)c2n1. The molecule has 158 valence electrons. The summed E-state index contributed by atoms with van der Waals surface area (Å²) < 4.78 is 7.01. The molecule has 0 aliphatic rings. The molecule has 2 heterocycles. The quantitative estimate of drug-likeness (QED) is 0.521. The van der Waals surface area contributed by atoms with E-state index < -0.39 is 18.5 Å². The molecule has 0 spiro atoms. The molecule has 0 atom stereocenters. The average molecular weight is 449 g/mol. The number of halogens is 2.